The molecule has 1 aromatic rings. The van der Waals surface area contributed by atoms with Crippen LogP contribution in [0.3, 0.4) is 0 Å². The molecule has 1 aliphatic heterocycles. The van der Waals surface area contributed by atoms with E-state index in [4.69, 9.17) is 22.5 Å². The zero-order valence-corrected chi connectivity index (χ0v) is 11.4. The van der Waals surface area contributed by atoms with Crippen molar-refractivity contribution in [1.82, 2.24) is 0 Å². The lowest BCUT2D eigenvalue weighted by atomic mass is 10.0. The Kier molecular flexibility index (Phi) is 3.66. The number of nitrogens with zero attached hydrogens (tertiary/aromatic N) is 2. The molecular formula is C13H18ClN3O. The zero-order chi connectivity index (χ0) is 13.3. The van der Waals surface area contributed by atoms with Crippen LogP contribution in [-0.2, 0) is 0 Å². The van der Waals surface area contributed by atoms with Gasteiger partial charge in [0.1, 0.15) is 0 Å². The second-order valence-electron chi connectivity index (χ2n) is 4.98. The van der Waals surface area contributed by atoms with Gasteiger partial charge in [-0.1, -0.05) is 36.7 Å². The van der Waals surface area contributed by atoms with Gasteiger partial charge in [0.25, 0.3) is 0 Å². The predicted molar refractivity (Wildman–Crippen MR) is 74.5 cm³/mol. The van der Waals surface area contributed by atoms with E-state index in [0.717, 1.165) is 18.8 Å². The first-order valence-corrected chi connectivity index (χ1v) is 6.43. The molecule has 98 valence electrons. The number of benzene rings is 1. The number of nitrogens with two attached hydrogens (primary N) is 1. The fourth-order valence-corrected chi connectivity index (χ4v) is 2.67. The van der Waals surface area contributed by atoms with Gasteiger partial charge < -0.3 is 15.8 Å². The topological polar surface area (TPSA) is 61.8 Å². The molecule has 0 bridgehead atoms. The van der Waals surface area contributed by atoms with Crippen molar-refractivity contribution in [2.75, 3.05) is 18.0 Å². The summed E-state index contributed by atoms with van der Waals surface area (Å²) in [5.41, 5.74) is 7.27. The molecule has 4 nitrogen and oxygen atoms in total. The lowest BCUT2D eigenvalue weighted by molar-refractivity contribution is 0.318. The van der Waals surface area contributed by atoms with Gasteiger partial charge in [0.2, 0.25) is 0 Å². The molecule has 5 heteroatoms. The van der Waals surface area contributed by atoms with E-state index >= 15 is 0 Å². The summed E-state index contributed by atoms with van der Waals surface area (Å²) >= 11 is 6.16. The number of rotatable bonds is 2. The van der Waals surface area contributed by atoms with Crippen molar-refractivity contribution in [1.29, 1.82) is 0 Å². The molecule has 2 unspecified atom stereocenters. The Morgan fingerprint density at radius 1 is 1.39 bits per heavy atom. The standard InChI is InChI=1S/C13H18ClN3O/c1-8-6-17(7-9(8)2)11-5-3-4-10(14)12(11)13(15)16-18/h3-5,8-9,18H,6-7H2,1-2H3,(H2,15,16). The normalized spacial score (nSPS) is 24.6. The van der Waals surface area contributed by atoms with Crippen molar-refractivity contribution in [2.24, 2.45) is 22.7 Å². The van der Waals surface area contributed by atoms with Crippen LogP contribution in [0, 0.1) is 11.8 Å². The highest BCUT2D eigenvalue weighted by Crippen LogP contribution is 2.33. The van der Waals surface area contributed by atoms with Gasteiger partial charge in [0.05, 0.1) is 10.6 Å². The van der Waals surface area contributed by atoms with Crippen LogP contribution in [0.4, 0.5) is 5.69 Å². The highest BCUT2D eigenvalue weighted by Gasteiger charge is 2.28. The van der Waals surface area contributed by atoms with Gasteiger partial charge in [-0.05, 0) is 24.0 Å². The smallest absolute Gasteiger partial charge is 0.173 e. The van der Waals surface area contributed by atoms with E-state index in [1.807, 2.05) is 12.1 Å². The molecular weight excluding hydrogens is 250 g/mol. The molecule has 1 aliphatic rings. The fraction of sp³-hybridized carbons (Fsp3) is 0.462. The average molecular weight is 268 g/mol. The molecule has 0 aliphatic carbocycles. The van der Waals surface area contributed by atoms with E-state index in [1.54, 1.807) is 6.07 Å². The molecule has 1 aromatic carbocycles. The van der Waals surface area contributed by atoms with Crippen molar-refractivity contribution in [3.8, 4) is 0 Å². The number of oxime groups is 1. The van der Waals surface area contributed by atoms with Crippen molar-refractivity contribution in [2.45, 2.75) is 13.8 Å². The van der Waals surface area contributed by atoms with E-state index in [1.165, 1.54) is 0 Å². The summed E-state index contributed by atoms with van der Waals surface area (Å²) in [7, 11) is 0. The van der Waals surface area contributed by atoms with E-state index < -0.39 is 0 Å². The minimum absolute atomic E-state index is 0.0582. The summed E-state index contributed by atoms with van der Waals surface area (Å²) in [6, 6.07) is 5.60. The zero-order valence-electron chi connectivity index (χ0n) is 10.6. The molecule has 1 fully saturated rings. The number of amidine groups is 1. The molecule has 1 saturated heterocycles. The molecule has 2 atom stereocenters. The number of hydrogen-bond acceptors (Lipinski definition) is 3. The molecule has 2 rings (SSSR count). The van der Waals surface area contributed by atoms with Crippen molar-refractivity contribution >= 4 is 23.1 Å². The van der Waals surface area contributed by atoms with Gasteiger partial charge >= 0.3 is 0 Å². The molecule has 3 N–H and O–H groups in total. The van der Waals surface area contributed by atoms with Gasteiger partial charge in [-0.3, -0.25) is 0 Å². The lowest BCUT2D eigenvalue weighted by Crippen LogP contribution is -2.25. The van der Waals surface area contributed by atoms with Crippen LogP contribution in [0.5, 0.6) is 0 Å². The first-order chi connectivity index (χ1) is 8.54. The van der Waals surface area contributed by atoms with Crippen LogP contribution >= 0.6 is 11.6 Å². The minimum Gasteiger partial charge on any atom is -0.409 e. The monoisotopic (exact) mass is 267 g/mol. The Balaban J connectivity index is 2.42. The van der Waals surface area contributed by atoms with Crippen LogP contribution in [-0.4, -0.2) is 24.1 Å². The highest BCUT2D eigenvalue weighted by atomic mass is 35.5. The second kappa shape index (κ2) is 5.06. The predicted octanol–water partition coefficient (Wildman–Crippen LogP) is 2.53. The number of halogens is 1. The van der Waals surface area contributed by atoms with Crippen molar-refractivity contribution < 1.29 is 5.21 Å². The number of anilines is 1. The highest BCUT2D eigenvalue weighted by molar-refractivity contribution is 6.34. The van der Waals surface area contributed by atoms with Crippen molar-refractivity contribution in [3.63, 3.8) is 0 Å². The first kappa shape index (κ1) is 13.0. The van der Waals surface area contributed by atoms with Crippen LogP contribution in [0.2, 0.25) is 5.02 Å². The second-order valence-corrected chi connectivity index (χ2v) is 5.39. The summed E-state index contributed by atoms with van der Waals surface area (Å²) in [6.07, 6.45) is 0. The van der Waals surface area contributed by atoms with Crippen LogP contribution in [0.15, 0.2) is 23.4 Å². The maximum atomic E-state index is 8.87. The Morgan fingerprint density at radius 3 is 2.56 bits per heavy atom. The van der Waals surface area contributed by atoms with Gasteiger partial charge in [0.15, 0.2) is 5.84 Å². The van der Waals surface area contributed by atoms with E-state index in [0.29, 0.717) is 22.4 Å². The Bertz CT molecular complexity index is 465. The third-order valence-corrected chi connectivity index (χ3v) is 4.00. The Morgan fingerprint density at radius 2 is 2.00 bits per heavy atom. The summed E-state index contributed by atoms with van der Waals surface area (Å²) < 4.78 is 0. The summed E-state index contributed by atoms with van der Waals surface area (Å²) in [4.78, 5) is 2.24. The van der Waals surface area contributed by atoms with Crippen LogP contribution in [0.25, 0.3) is 0 Å². The first-order valence-electron chi connectivity index (χ1n) is 6.06. The minimum atomic E-state index is 0.0582. The fourth-order valence-electron chi connectivity index (χ4n) is 2.41. The van der Waals surface area contributed by atoms with E-state index in [-0.39, 0.29) is 5.84 Å². The molecule has 0 spiro atoms. The molecule has 0 amide bonds. The third-order valence-electron chi connectivity index (χ3n) is 3.68. The van der Waals surface area contributed by atoms with Crippen LogP contribution in [0.1, 0.15) is 19.4 Å². The number of hydrogen-bond donors (Lipinski definition) is 2. The van der Waals surface area contributed by atoms with Crippen LogP contribution < -0.4 is 10.6 Å². The maximum Gasteiger partial charge on any atom is 0.173 e. The Labute approximate surface area is 112 Å². The molecule has 0 saturated carbocycles. The van der Waals surface area contributed by atoms with Gasteiger partial charge in [-0.15, -0.1) is 0 Å². The van der Waals surface area contributed by atoms with Gasteiger partial charge in [-0.25, -0.2) is 0 Å². The molecule has 1 heterocycles. The van der Waals surface area contributed by atoms with E-state index in [2.05, 4.69) is 23.9 Å². The summed E-state index contributed by atoms with van der Waals surface area (Å²) in [5.74, 6) is 1.32. The quantitative estimate of drug-likeness (QED) is 0.375. The molecule has 0 aromatic heterocycles. The summed E-state index contributed by atoms with van der Waals surface area (Å²) in [5, 5.41) is 12.5. The van der Waals surface area contributed by atoms with E-state index in [9.17, 15) is 0 Å². The van der Waals surface area contributed by atoms with Crippen molar-refractivity contribution in [3.05, 3.63) is 28.8 Å². The lowest BCUT2D eigenvalue weighted by Gasteiger charge is -2.22. The van der Waals surface area contributed by atoms with Gasteiger partial charge in [-0.2, -0.15) is 0 Å². The Hall–Kier alpha value is -1.42. The average Bonchev–Trinajstić information content (AvgIpc) is 2.68. The molecule has 18 heavy (non-hydrogen) atoms. The molecule has 0 radical (unpaired) electrons. The maximum absolute atomic E-state index is 8.87. The largest absolute Gasteiger partial charge is 0.409 e. The third kappa shape index (κ3) is 2.25. The SMILES string of the molecule is CC1CN(c2cccc(Cl)c2C(N)=NO)CC1C. The van der Waals surface area contributed by atoms with Gasteiger partial charge in [0, 0.05) is 18.8 Å². The summed E-state index contributed by atoms with van der Waals surface area (Å²) in [6.45, 7) is 6.40.